The van der Waals surface area contributed by atoms with Crippen LogP contribution in [0.2, 0.25) is 0 Å². The second kappa shape index (κ2) is 12.6. The van der Waals surface area contributed by atoms with Crippen LogP contribution in [0.1, 0.15) is 36.5 Å². The average molecular weight is 441 g/mol. The number of benzene rings is 2. The molecule has 7 nitrogen and oxygen atoms in total. The maximum atomic E-state index is 13.0. The fourth-order valence-electron chi connectivity index (χ4n) is 3.81. The molecule has 2 aromatic carbocycles. The zero-order valence-electron chi connectivity index (χ0n) is 18.7. The molecule has 0 saturated carbocycles. The third-order valence-electron chi connectivity index (χ3n) is 5.52. The van der Waals surface area contributed by atoms with Gasteiger partial charge in [0.25, 0.3) is 0 Å². The Balaban J connectivity index is 0.000000534. The van der Waals surface area contributed by atoms with E-state index in [0.29, 0.717) is 5.91 Å². The molecule has 0 aromatic heterocycles. The van der Waals surface area contributed by atoms with Gasteiger partial charge in [0.05, 0.1) is 0 Å². The summed E-state index contributed by atoms with van der Waals surface area (Å²) in [5.74, 6) is -3.15. The lowest BCUT2D eigenvalue weighted by Crippen LogP contribution is -2.42. The molecular weight excluding hydrogens is 408 g/mol. The number of carbonyl (C=O) groups is 3. The highest BCUT2D eigenvalue weighted by Gasteiger charge is 2.28. The van der Waals surface area contributed by atoms with Crippen LogP contribution in [0, 0.1) is 12.8 Å². The molecule has 1 aliphatic heterocycles. The third-order valence-corrected chi connectivity index (χ3v) is 5.52. The third kappa shape index (κ3) is 8.15. The highest BCUT2D eigenvalue weighted by molar-refractivity contribution is 6.27. The van der Waals surface area contributed by atoms with Gasteiger partial charge < -0.3 is 15.1 Å². The molecule has 32 heavy (non-hydrogen) atoms. The van der Waals surface area contributed by atoms with Crippen molar-refractivity contribution in [3.8, 4) is 0 Å². The van der Waals surface area contributed by atoms with Gasteiger partial charge in [-0.25, -0.2) is 9.59 Å². The number of rotatable bonds is 6. The van der Waals surface area contributed by atoms with Crippen molar-refractivity contribution in [2.24, 2.45) is 5.92 Å². The monoisotopic (exact) mass is 440 g/mol. The van der Waals surface area contributed by atoms with Crippen LogP contribution < -0.4 is 0 Å². The normalized spacial score (nSPS) is 14.2. The summed E-state index contributed by atoms with van der Waals surface area (Å²) < 4.78 is 0. The first-order chi connectivity index (χ1) is 15.3. The smallest absolute Gasteiger partial charge is 0.414 e. The number of aryl methyl sites for hydroxylation is 1. The predicted octanol–water partition coefficient (Wildman–Crippen LogP) is 3.41. The van der Waals surface area contributed by atoms with Crippen LogP contribution in [0.3, 0.4) is 0 Å². The second-order valence-electron chi connectivity index (χ2n) is 7.99. The first-order valence-electron chi connectivity index (χ1n) is 10.9. The van der Waals surface area contributed by atoms with Crippen LogP contribution in [-0.2, 0) is 27.5 Å². The Labute approximate surface area is 189 Å². The largest absolute Gasteiger partial charge is 0.473 e. The van der Waals surface area contributed by atoms with Gasteiger partial charge in [-0.2, -0.15) is 0 Å². The number of carbonyl (C=O) groups excluding carboxylic acids is 1. The summed E-state index contributed by atoms with van der Waals surface area (Å²) in [5, 5.41) is 14.8. The van der Waals surface area contributed by atoms with E-state index in [9.17, 15) is 4.79 Å². The Morgan fingerprint density at radius 1 is 0.938 bits per heavy atom. The average Bonchev–Trinajstić information content (AvgIpc) is 2.78. The van der Waals surface area contributed by atoms with Gasteiger partial charge in [0.2, 0.25) is 5.91 Å². The zero-order chi connectivity index (χ0) is 23.5. The van der Waals surface area contributed by atoms with Crippen LogP contribution in [-0.4, -0.2) is 57.5 Å². The van der Waals surface area contributed by atoms with Crippen molar-refractivity contribution in [1.82, 2.24) is 9.80 Å². The molecule has 1 heterocycles. The van der Waals surface area contributed by atoms with Gasteiger partial charge in [-0.3, -0.25) is 9.69 Å². The van der Waals surface area contributed by atoms with Gasteiger partial charge in [-0.1, -0.05) is 60.2 Å². The minimum absolute atomic E-state index is 0.174. The Bertz CT molecular complexity index is 880. The number of nitrogens with zero attached hydrogens (tertiary/aromatic N) is 2. The van der Waals surface area contributed by atoms with Crippen molar-refractivity contribution in [3.63, 3.8) is 0 Å². The van der Waals surface area contributed by atoms with Gasteiger partial charge in [-0.15, -0.1) is 0 Å². The van der Waals surface area contributed by atoms with Gasteiger partial charge in [-0.05, 0) is 50.9 Å². The van der Waals surface area contributed by atoms with E-state index in [4.69, 9.17) is 19.8 Å². The lowest BCUT2D eigenvalue weighted by molar-refractivity contribution is -0.159. The number of carboxylic acids is 2. The molecule has 1 saturated heterocycles. The van der Waals surface area contributed by atoms with Crippen molar-refractivity contribution in [2.75, 3.05) is 19.6 Å². The highest BCUT2D eigenvalue weighted by atomic mass is 16.4. The summed E-state index contributed by atoms with van der Waals surface area (Å²) in [6, 6.07) is 19.0. The molecule has 1 aliphatic rings. The molecule has 0 aliphatic carbocycles. The van der Waals surface area contributed by atoms with Gasteiger partial charge in [0, 0.05) is 25.6 Å². The van der Waals surface area contributed by atoms with Crippen molar-refractivity contribution >= 4 is 17.8 Å². The number of piperidine rings is 1. The SMILES string of the molecule is CCN(Cc1ccccc1)C(=O)C1CCN(Cc2cccc(C)c2)CC1.O=C(O)C(=O)O. The van der Waals surface area contributed by atoms with Crippen molar-refractivity contribution in [1.29, 1.82) is 0 Å². The van der Waals surface area contributed by atoms with E-state index in [1.165, 1.54) is 16.7 Å². The molecular formula is C25H32N2O5. The number of hydrogen-bond donors (Lipinski definition) is 2. The summed E-state index contributed by atoms with van der Waals surface area (Å²) >= 11 is 0. The van der Waals surface area contributed by atoms with Crippen LogP contribution in [0.5, 0.6) is 0 Å². The fraction of sp³-hybridized carbons (Fsp3) is 0.400. The lowest BCUT2D eigenvalue weighted by atomic mass is 9.94. The second-order valence-corrected chi connectivity index (χ2v) is 7.99. The molecule has 2 aromatic rings. The summed E-state index contributed by atoms with van der Waals surface area (Å²) in [6.07, 6.45) is 1.94. The summed E-state index contributed by atoms with van der Waals surface area (Å²) in [6.45, 7) is 8.72. The molecule has 172 valence electrons. The van der Waals surface area contributed by atoms with Gasteiger partial charge in [0.1, 0.15) is 0 Å². The Morgan fingerprint density at radius 3 is 2.06 bits per heavy atom. The summed E-state index contributed by atoms with van der Waals surface area (Å²) in [5.41, 5.74) is 3.89. The zero-order valence-corrected chi connectivity index (χ0v) is 18.7. The minimum Gasteiger partial charge on any atom is -0.473 e. The molecule has 2 N–H and O–H groups in total. The van der Waals surface area contributed by atoms with E-state index < -0.39 is 11.9 Å². The van der Waals surface area contributed by atoms with Crippen molar-refractivity contribution < 1.29 is 24.6 Å². The number of likely N-dealkylation sites (tertiary alicyclic amines) is 1. The van der Waals surface area contributed by atoms with E-state index in [1.54, 1.807) is 0 Å². The van der Waals surface area contributed by atoms with E-state index in [1.807, 2.05) is 23.1 Å². The van der Waals surface area contributed by atoms with Crippen molar-refractivity contribution in [3.05, 3.63) is 71.3 Å². The topological polar surface area (TPSA) is 98.2 Å². The van der Waals surface area contributed by atoms with Crippen LogP contribution in [0.15, 0.2) is 54.6 Å². The van der Waals surface area contributed by atoms with Crippen LogP contribution >= 0.6 is 0 Å². The molecule has 1 fully saturated rings. The summed E-state index contributed by atoms with van der Waals surface area (Å²) in [7, 11) is 0. The lowest BCUT2D eigenvalue weighted by Gasteiger charge is -2.34. The van der Waals surface area contributed by atoms with Gasteiger partial charge >= 0.3 is 11.9 Å². The number of aliphatic carboxylic acids is 2. The van der Waals surface area contributed by atoms with Crippen LogP contribution in [0.25, 0.3) is 0 Å². The quantitative estimate of drug-likeness (QED) is 0.668. The molecule has 7 heteroatoms. The molecule has 3 rings (SSSR count). The Hall–Kier alpha value is -3.19. The Kier molecular flexibility index (Phi) is 9.88. The molecule has 0 unspecified atom stereocenters. The molecule has 0 radical (unpaired) electrons. The maximum Gasteiger partial charge on any atom is 0.414 e. The molecule has 1 amide bonds. The summed E-state index contributed by atoms with van der Waals surface area (Å²) in [4.78, 5) is 35.6. The molecule has 0 spiro atoms. The first-order valence-corrected chi connectivity index (χ1v) is 10.9. The van der Waals surface area contributed by atoms with E-state index >= 15 is 0 Å². The minimum atomic E-state index is -1.82. The van der Waals surface area contributed by atoms with Crippen LogP contribution in [0.4, 0.5) is 0 Å². The first kappa shape index (κ1) is 25.1. The van der Waals surface area contributed by atoms with E-state index in [0.717, 1.165) is 45.6 Å². The fourth-order valence-corrected chi connectivity index (χ4v) is 3.81. The predicted molar refractivity (Wildman–Crippen MR) is 122 cm³/mol. The number of hydrogen-bond acceptors (Lipinski definition) is 4. The van der Waals surface area contributed by atoms with E-state index in [2.05, 4.69) is 55.1 Å². The number of amides is 1. The van der Waals surface area contributed by atoms with Gasteiger partial charge in [0.15, 0.2) is 0 Å². The maximum absolute atomic E-state index is 13.0. The molecule has 0 atom stereocenters. The Morgan fingerprint density at radius 2 is 1.53 bits per heavy atom. The standard InChI is InChI=1S/C23H30N2O.C2H2O4/c1-3-25(18-20-9-5-4-6-10-20)23(26)22-12-14-24(15-13-22)17-21-11-7-8-19(2)16-21;3-1(4)2(5)6/h4-11,16,22H,3,12-15,17-18H2,1-2H3;(H,3,4)(H,5,6). The molecule has 0 bridgehead atoms. The van der Waals surface area contributed by atoms with E-state index in [-0.39, 0.29) is 5.92 Å². The van der Waals surface area contributed by atoms with Crippen molar-refractivity contribution in [2.45, 2.75) is 39.8 Å². The number of carboxylic acid groups (broad SMARTS) is 2. The highest BCUT2D eigenvalue weighted by Crippen LogP contribution is 2.22.